The molecule has 2 aromatic heterocycles. The molecule has 204 valence electrons. The van der Waals surface area contributed by atoms with Crippen molar-refractivity contribution in [2.24, 2.45) is 10.5 Å². The van der Waals surface area contributed by atoms with Gasteiger partial charge in [-0.25, -0.2) is 10.4 Å². The van der Waals surface area contributed by atoms with E-state index in [0.717, 1.165) is 33.4 Å². The van der Waals surface area contributed by atoms with Gasteiger partial charge in [-0.1, -0.05) is 35.9 Å². The molecule has 0 bridgehead atoms. The smallest absolute Gasteiger partial charge is 0.258 e. The Labute approximate surface area is 231 Å². The summed E-state index contributed by atoms with van der Waals surface area (Å²) >= 11 is 0. The van der Waals surface area contributed by atoms with E-state index >= 15 is 0 Å². The molecule has 0 aliphatic carbocycles. The summed E-state index contributed by atoms with van der Waals surface area (Å²) in [5.41, 5.74) is 10.8. The number of carbonyl (C=O) groups excluding carboxylic acids is 2. The van der Waals surface area contributed by atoms with Gasteiger partial charge in [0.1, 0.15) is 13.2 Å². The third-order valence-corrected chi connectivity index (χ3v) is 6.41. The summed E-state index contributed by atoms with van der Waals surface area (Å²) in [6, 6.07) is 20.6. The average Bonchev–Trinajstić information content (AvgIpc) is 3.48. The first-order chi connectivity index (χ1) is 19.3. The van der Waals surface area contributed by atoms with Crippen LogP contribution in [0.4, 0.5) is 5.69 Å². The lowest BCUT2D eigenvalue weighted by Crippen LogP contribution is -2.96. The monoisotopic (exact) mass is 539 g/mol. The van der Waals surface area contributed by atoms with Crippen LogP contribution in [0.1, 0.15) is 29.9 Å². The van der Waals surface area contributed by atoms with Crippen molar-refractivity contribution in [1.29, 1.82) is 0 Å². The Balaban J connectivity index is 1.26. The van der Waals surface area contributed by atoms with Gasteiger partial charge in [-0.3, -0.25) is 14.6 Å². The number of quaternary nitrogens is 1. The number of fused-ring (bicyclic) bond motifs is 1. The summed E-state index contributed by atoms with van der Waals surface area (Å²) in [6.45, 7) is 5.97. The number of hydrogen-bond acceptors (Lipinski definition) is 8. The average molecular weight is 540 g/mol. The maximum atomic E-state index is 13.0. The molecule has 2 aromatic carbocycles. The Kier molecular flexibility index (Phi) is 7.67. The van der Waals surface area contributed by atoms with Crippen LogP contribution < -0.4 is 31.9 Å². The van der Waals surface area contributed by atoms with E-state index in [9.17, 15) is 9.59 Å². The van der Waals surface area contributed by atoms with Crippen molar-refractivity contribution in [3.05, 3.63) is 84.2 Å². The van der Waals surface area contributed by atoms with Crippen LogP contribution in [0.5, 0.6) is 5.88 Å². The molecule has 0 radical (unpaired) electrons. The number of amidine groups is 1. The first-order valence-electron chi connectivity index (χ1n) is 12.8. The van der Waals surface area contributed by atoms with Gasteiger partial charge >= 0.3 is 0 Å². The number of para-hydroxylation sites is 1. The van der Waals surface area contributed by atoms with Crippen LogP contribution >= 0.6 is 0 Å². The van der Waals surface area contributed by atoms with Crippen molar-refractivity contribution in [3.63, 3.8) is 0 Å². The second-order valence-electron chi connectivity index (χ2n) is 10.1. The van der Waals surface area contributed by atoms with E-state index in [2.05, 4.69) is 36.8 Å². The van der Waals surface area contributed by atoms with Gasteiger partial charge in [-0.2, -0.15) is 5.53 Å². The molecule has 1 aliphatic rings. The number of amides is 2. The normalized spacial score (nSPS) is 12.9. The van der Waals surface area contributed by atoms with E-state index in [1.54, 1.807) is 23.8 Å². The topological polar surface area (TPSA) is 146 Å². The maximum absolute atomic E-state index is 13.0. The first-order valence-corrected chi connectivity index (χ1v) is 12.8. The van der Waals surface area contributed by atoms with Crippen LogP contribution in [0, 0.1) is 12.3 Å². The summed E-state index contributed by atoms with van der Waals surface area (Å²) in [4.78, 5) is 34.8. The van der Waals surface area contributed by atoms with Crippen molar-refractivity contribution in [1.82, 2.24) is 26.4 Å². The van der Waals surface area contributed by atoms with Gasteiger partial charge in [0.2, 0.25) is 11.8 Å². The molecule has 0 saturated carbocycles. The fraction of sp³-hybridized carbons (Fsp3) is 0.207. The number of ether oxygens (including phenoxy) is 1. The third kappa shape index (κ3) is 6.22. The van der Waals surface area contributed by atoms with Crippen LogP contribution in [0.25, 0.3) is 22.0 Å². The number of nitrogens with zero attached hydrogens (tertiary/aromatic N) is 3. The molecular weight excluding hydrogens is 508 g/mol. The number of benzene rings is 2. The number of nitrogens with two attached hydrogens (primary N) is 1. The number of nitrogens with one attached hydrogen (secondary N) is 4. The van der Waals surface area contributed by atoms with E-state index in [-0.39, 0.29) is 18.4 Å². The molecule has 40 heavy (non-hydrogen) atoms. The summed E-state index contributed by atoms with van der Waals surface area (Å²) in [6.07, 6.45) is 1.72. The van der Waals surface area contributed by atoms with Crippen molar-refractivity contribution >= 4 is 34.2 Å². The number of hydrazone groups is 1. The van der Waals surface area contributed by atoms with Gasteiger partial charge in [0.05, 0.1) is 16.5 Å². The molecule has 3 heterocycles. The molecule has 0 atom stereocenters. The minimum absolute atomic E-state index is 0.150. The van der Waals surface area contributed by atoms with Crippen molar-refractivity contribution in [2.75, 3.05) is 18.5 Å². The Bertz CT molecular complexity index is 1570. The Morgan fingerprint density at radius 2 is 1.82 bits per heavy atom. The second-order valence-corrected chi connectivity index (χ2v) is 10.1. The minimum atomic E-state index is -0.771. The Hall–Kier alpha value is -4.87. The lowest BCUT2D eigenvalue weighted by Gasteiger charge is -2.23. The van der Waals surface area contributed by atoms with Crippen molar-refractivity contribution in [2.45, 2.75) is 20.8 Å². The van der Waals surface area contributed by atoms with Crippen LogP contribution in [0.2, 0.25) is 0 Å². The molecule has 0 unspecified atom stereocenters. The number of hydrogen-bond donors (Lipinski definition) is 5. The second kappa shape index (κ2) is 11.5. The molecule has 11 heteroatoms. The lowest BCUT2D eigenvalue weighted by molar-refractivity contribution is -0.603. The summed E-state index contributed by atoms with van der Waals surface area (Å²) < 4.78 is 5.84. The fourth-order valence-electron chi connectivity index (χ4n) is 4.16. The van der Waals surface area contributed by atoms with Crippen LogP contribution in [-0.4, -0.2) is 40.8 Å². The SMILES string of the molecule is Cc1cc(C(=O)Nc2ccccc2)c2ccc(-c3ccc(OCC(C)(C)C(=O)NCC4=NNN[NH2+]4)nc3)cc2n1. The fourth-order valence-corrected chi connectivity index (χ4v) is 4.16. The number of aryl methyl sites for hydroxylation is 1. The molecule has 0 spiro atoms. The predicted octanol–water partition coefficient (Wildman–Crippen LogP) is 2.28. The van der Waals surface area contributed by atoms with Gasteiger partial charge in [0.25, 0.3) is 11.7 Å². The third-order valence-electron chi connectivity index (χ3n) is 6.41. The number of carbonyl (C=O) groups is 2. The largest absolute Gasteiger partial charge is 0.477 e. The summed E-state index contributed by atoms with van der Waals surface area (Å²) in [5.74, 6) is 0.783. The number of hydrazine groups is 1. The molecule has 2 amide bonds. The quantitative estimate of drug-likeness (QED) is 0.205. The molecule has 1 aliphatic heterocycles. The molecule has 6 N–H and O–H groups in total. The van der Waals surface area contributed by atoms with E-state index in [0.29, 0.717) is 23.8 Å². The number of aromatic nitrogens is 2. The lowest BCUT2D eigenvalue weighted by atomic mass is 9.93. The molecule has 0 fully saturated rings. The van der Waals surface area contributed by atoms with E-state index < -0.39 is 5.41 Å². The van der Waals surface area contributed by atoms with Crippen LogP contribution in [0.15, 0.2) is 78.0 Å². The van der Waals surface area contributed by atoms with E-state index in [1.807, 2.05) is 75.4 Å². The van der Waals surface area contributed by atoms with Gasteiger partial charge < -0.3 is 15.4 Å². The number of anilines is 1. The maximum Gasteiger partial charge on any atom is 0.258 e. The van der Waals surface area contributed by atoms with Crippen molar-refractivity contribution in [3.8, 4) is 17.0 Å². The van der Waals surface area contributed by atoms with Gasteiger partial charge in [-0.05, 0) is 56.7 Å². The van der Waals surface area contributed by atoms with Gasteiger partial charge in [0.15, 0.2) is 0 Å². The van der Waals surface area contributed by atoms with Gasteiger partial charge in [-0.15, -0.1) is 5.10 Å². The highest BCUT2D eigenvalue weighted by Gasteiger charge is 2.29. The summed E-state index contributed by atoms with van der Waals surface area (Å²) in [5, 5.41) is 10.6. The molecule has 11 nitrogen and oxygen atoms in total. The Morgan fingerprint density at radius 1 is 1.02 bits per heavy atom. The summed E-state index contributed by atoms with van der Waals surface area (Å²) in [7, 11) is 0. The first kappa shape index (κ1) is 26.7. The zero-order valence-corrected chi connectivity index (χ0v) is 22.5. The van der Waals surface area contributed by atoms with Crippen molar-refractivity contribution < 1.29 is 19.8 Å². The van der Waals surface area contributed by atoms with Gasteiger partial charge in [0, 0.05) is 34.6 Å². The van der Waals surface area contributed by atoms with Crippen LogP contribution in [0.3, 0.4) is 0 Å². The zero-order valence-electron chi connectivity index (χ0n) is 22.5. The highest BCUT2D eigenvalue weighted by atomic mass is 16.5. The minimum Gasteiger partial charge on any atom is -0.477 e. The molecule has 0 saturated heterocycles. The predicted molar refractivity (Wildman–Crippen MR) is 152 cm³/mol. The van der Waals surface area contributed by atoms with E-state index in [1.165, 1.54) is 0 Å². The molecule has 5 rings (SSSR count). The standard InChI is InChI=1S/C29H30N8O3/c1-18-13-23(27(38)33-21-7-5-4-6-8-21)22-11-9-19(14-24(22)32-18)20-10-12-26(30-15-20)40-17-29(2,3)28(39)31-16-25-34-36-37-35-25/h4-15,36-37H,16-17H2,1-3H3,(H,31,39)(H,33,38)(H,34,35)/p+1. The van der Waals surface area contributed by atoms with E-state index in [4.69, 9.17) is 4.74 Å². The molecular formula is C29H31N8O3+. The molecule has 4 aromatic rings. The zero-order chi connectivity index (χ0) is 28.1. The van der Waals surface area contributed by atoms with Crippen LogP contribution in [-0.2, 0) is 4.79 Å². The number of rotatable bonds is 9. The Morgan fingerprint density at radius 3 is 2.55 bits per heavy atom. The highest BCUT2D eigenvalue weighted by Crippen LogP contribution is 2.27. The highest BCUT2D eigenvalue weighted by molar-refractivity contribution is 6.12. The number of pyridine rings is 2.